The molecule has 0 atom stereocenters. The maximum absolute atomic E-state index is 4.95. The Hall–Kier alpha value is -20.8. The van der Waals surface area contributed by atoms with Crippen molar-refractivity contribution in [3.63, 3.8) is 0 Å². The highest BCUT2D eigenvalue weighted by Crippen LogP contribution is 2.20. The summed E-state index contributed by atoms with van der Waals surface area (Å²) in [4.78, 5) is 0. The summed E-state index contributed by atoms with van der Waals surface area (Å²) in [6.07, 6.45) is 8.44. The van der Waals surface area contributed by atoms with Gasteiger partial charge in [0, 0.05) is 462 Å². The maximum Gasteiger partial charge on any atom is 0 e. The highest BCUT2D eigenvalue weighted by atomic mass is 32.2. The van der Waals surface area contributed by atoms with Crippen molar-refractivity contribution in [2.45, 2.75) is 34.1 Å². The summed E-state index contributed by atoms with van der Waals surface area (Å²) in [6, 6.07) is 0. The molecule has 0 fully saturated rings. The third kappa shape index (κ3) is 89.7. The van der Waals surface area contributed by atoms with Crippen LogP contribution in [0, 0.1) is 574 Å². The Bertz CT molecular complexity index is 7010. The van der Waals surface area contributed by atoms with Gasteiger partial charge in [-0.1, -0.05) is 26.7 Å². The van der Waals surface area contributed by atoms with Crippen LogP contribution < -0.4 is 0 Å². The molecule has 0 heterocycles. The van der Waals surface area contributed by atoms with Gasteiger partial charge in [-0.2, -0.15) is 11.8 Å². The van der Waals surface area contributed by atoms with Gasteiger partial charge in [-0.05, 0) is 125 Å². The monoisotopic (exact) mass is 1300 g/mol. The predicted octanol–water partition coefficient (Wildman–Crippen LogP) is 3.58. The van der Waals surface area contributed by atoms with Crippen LogP contribution in [0.3, 0.4) is 0 Å². The molecule has 0 unspecified atom stereocenters. The molecule has 0 amide bonds. The van der Waals surface area contributed by atoms with Gasteiger partial charge in [0.15, 0.2) is 0 Å². The van der Waals surface area contributed by atoms with E-state index in [1.165, 1.54) is 12.2 Å². The van der Waals surface area contributed by atoms with Crippen LogP contribution in [-0.2, 0) is 0 Å². The average molecular weight is 1300 g/mol. The van der Waals surface area contributed by atoms with Gasteiger partial charge in [0.25, 0.3) is 0 Å². The van der Waals surface area contributed by atoms with Crippen molar-refractivity contribution in [3.05, 3.63) is 0 Å². The van der Waals surface area contributed by atoms with Gasteiger partial charge in [-0.25, -0.2) is 0 Å². The second-order valence-electron chi connectivity index (χ2n) is 15.3. The summed E-state index contributed by atoms with van der Waals surface area (Å²) in [6.45, 7) is 8.53. The molecular formula is C104H20S. The fraction of sp³-hybridized carbons (Fsp3) is 0.0769. The van der Waals surface area contributed by atoms with Crippen molar-refractivity contribution in [2.75, 3.05) is 12.0 Å². The molecule has 0 aromatic rings. The van der Waals surface area contributed by atoms with Crippen LogP contribution in [0.2, 0.25) is 0 Å². The molecule has 0 aliphatic rings. The van der Waals surface area contributed by atoms with Crippen LogP contribution in [-0.4, -0.2) is 12.0 Å². The summed E-state index contributed by atoms with van der Waals surface area (Å²) in [7, 11) is 0. The number of hydrogen-bond acceptors (Lipinski definition) is 1. The van der Waals surface area contributed by atoms with Crippen LogP contribution in [0.4, 0.5) is 0 Å². The zero-order valence-electron chi connectivity index (χ0n) is 55.4. The Balaban J connectivity index is 0. The molecule has 0 saturated heterocycles. The topological polar surface area (TPSA) is 0 Å². The molecule has 0 saturated carbocycles. The van der Waals surface area contributed by atoms with Gasteiger partial charge in [0.05, 0.1) is 0 Å². The lowest BCUT2D eigenvalue weighted by Crippen LogP contribution is -2.05. The first-order valence-corrected chi connectivity index (χ1v) is 28.7. The van der Waals surface area contributed by atoms with Crippen LogP contribution in [0.1, 0.15) is 34.1 Å². The van der Waals surface area contributed by atoms with Gasteiger partial charge in [0.2, 0.25) is 0 Å². The van der Waals surface area contributed by atoms with Gasteiger partial charge in [0.1, 0.15) is 0 Å². The first-order valence-electron chi connectivity index (χ1n) is 27.3. The van der Waals surface area contributed by atoms with E-state index in [9.17, 15) is 0 Å². The van der Waals surface area contributed by atoms with Crippen molar-refractivity contribution in [3.8, 4) is 569 Å². The van der Waals surface area contributed by atoms with E-state index in [-0.39, 0.29) is 0 Å². The molecule has 0 aromatic carbocycles. The summed E-state index contributed by atoms with van der Waals surface area (Å²) in [5, 5.41) is 0. The van der Waals surface area contributed by atoms with Crippen molar-refractivity contribution < 1.29 is 0 Å². The Kier molecular flexibility index (Phi) is 66.8. The van der Waals surface area contributed by atoms with Gasteiger partial charge in [-0.15, -0.1) is 6.42 Å². The van der Waals surface area contributed by atoms with Crippen molar-refractivity contribution >= 4 is 11.8 Å². The number of hydrogen-bond donors (Lipinski definition) is 0. The second kappa shape index (κ2) is 81.2. The maximum atomic E-state index is 4.95. The third-order valence-electron chi connectivity index (χ3n) is 7.00. The Morgan fingerprint density at radius 2 is 0.248 bits per heavy atom. The molecule has 105 heavy (non-hydrogen) atoms. The molecule has 0 radical (unpaired) electrons. The average Bonchev–Trinajstić information content (AvgIpc) is 3.19. The minimum Gasteiger partial charge on any atom is -0.165 e. The number of rotatable bonds is 2. The van der Waals surface area contributed by atoms with E-state index in [2.05, 4.69) is 589 Å². The molecule has 0 bridgehead atoms. The van der Waals surface area contributed by atoms with E-state index in [0.717, 1.165) is 0 Å². The molecule has 0 N–H and O–H groups in total. The zero-order valence-corrected chi connectivity index (χ0v) is 56.2. The van der Waals surface area contributed by atoms with Crippen LogP contribution >= 0.6 is 11.8 Å². The summed E-state index contributed by atoms with van der Waals surface area (Å²) < 4.78 is 0. The standard InChI is InChI=1S/C97H4.C7H16S/c1-3-5-7-9-11-13-15-17-19-21-23-25-27-29-31-33-35-37-39-41-43-45-47-49-51-53-55-57-59-61-63-65-67-69-71-73-75-77-79-81-83-85-87-89-91-93-95-97-96-94-92-90-88-86-84-82-80-78-76-74-72-70-68-66-64-62-60-58-56-54-52-50-48-46-44-42-40-38-36-34-32-30-28-26-24-22-20-18-16-14-12-10-8-6-4-2;1-7(2,3)5-6-8-4/h1H,2H3;5-6H2,1-4H3. The minimum atomic E-state index is 0.531. The van der Waals surface area contributed by atoms with E-state index < -0.39 is 0 Å². The zero-order chi connectivity index (χ0) is 75.8. The molecule has 1 heteroatoms. The summed E-state index contributed by atoms with van der Waals surface area (Å²) >= 11 is 1.93. The molecule has 0 aromatic heterocycles. The largest absolute Gasteiger partial charge is 0.165 e. The van der Waals surface area contributed by atoms with E-state index >= 15 is 0 Å². The predicted molar refractivity (Wildman–Crippen MR) is 422 cm³/mol. The Labute approximate surface area is 627 Å². The highest BCUT2D eigenvalue weighted by Gasteiger charge is 2.07. The molecule has 0 aliphatic carbocycles. The first kappa shape index (κ1) is 86.3. The normalized spacial score (nSPS) is 4.57. The lowest BCUT2D eigenvalue weighted by atomic mass is 9.94. The first-order chi connectivity index (χ1) is 52.0. The van der Waals surface area contributed by atoms with Crippen molar-refractivity contribution in [1.29, 1.82) is 0 Å². The fourth-order valence-electron chi connectivity index (χ4n) is 3.35. The van der Waals surface area contributed by atoms with Crippen molar-refractivity contribution in [1.82, 2.24) is 0 Å². The van der Waals surface area contributed by atoms with Gasteiger partial charge >= 0.3 is 0 Å². The fourth-order valence-corrected chi connectivity index (χ4v) is 4.17. The van der Waals surface area contributed by atoms with E-state index in [0.29, 0.717) is 5.41 Å². The van der Waals surface area contributed by atoms with Gasteiger partial charge in [-0.3, -0.25) is 0 Å². The van der Waals surface area contributed by atoms with Gasteiger partial charge < -0.3 is 0 Å². The molecule has 442 valence electrons. The van der Waals surface area contributed by atoms with Crippen LogP contribution in [0.5, 0.6) is 0 Å². The molecular weight excluding hydrogens is 1280 g/mol. The number of terminal acetylenes is 1. The third-order valence-corrected chi connectivity index (χ3v) is 7.62. The summed E-state index contributed by atoms with van der Waals surface area (Å²) in [5.74, 6) is 238. The second-order valence-corrected chi connectivity index (χ2v) is 16.3. The lowest BCUT2D eigenvalue weighted by Gasteiger charge is -2.16. The molecule has 0 rings (SSSR count). The van der Waals surface area contributed by atoms with E-state index in [4.69, 9.17) is 6.42 Å². The van der Waals surface area contributed by atoms with Crippen molar-refractivity contribution in [2.24, 2.45) is 5.41 Å². The highest BCUT2D eigenvalue weighted by molar-refractivity contribution is 7.98. The molecule has 0 spiro atoms. The Morgan fingerprint density at radius 3 is 0.305 bits per heavy atom. The summed E-state index contributed by atoms with van der Waals surface area (Å²) in [5.41, 5.74) is 0.531. The quantitative estimate of drug-likeness (QED) is 0.382. The SMILES string of the molecule is C#CC#CC#CC#CC#CC#CC#CC#CC#CC#CC#CC#CC#CC#CC#CC#CC#CC#CC#CC#CC#CC#CC#CC#CC#CC#CC#CC#CC#CC#CC#CC#CC#CC#CC#CC#CC#CC#CC#CC#CC#CC#CC#CC#CC#CC#CC#CC#CC.CSCCC(C)(C)C. The smallest absolute Gasteiger partial charge is 0 e. The lowest BCUT2D eigenvalue weighted by molar-refractivity contribution is 0.401. The van der Waals surface area contributed by atoms with Crippen LogP contribution in [0.15, 0.2) is 0 Å². The van der Waals surface area contributed by atoms with E-state index in [1.807, 2.05) is 11.8 Å². The van der Waals surface area contributed by atoms with Crippen LogP contribution in [0.25, 0.3) is 0 Å². The Morgan fingerprint density at radius 1 is 0.162 bits per heavy atom. The molecule has 0 nitrogen and oxygen atoms in total. The number of thioether (sulfide) groups is 1. The minimum absolute atomic E-state index is 0.531. The van der Waals surface area contributed by atoms with E-state index in [1.54, 1.807) is 6.92 Å². The molecule has 0 aliphatic heterocycles.